The van der Waals surface area contributed by atoms with Crippen molar-refractivity contribution in [1.82, 2.24) is 0 Å². The van der Waals surface area contributed by atoms with Gasteiger partial charge in [0, 0.05) is 0 Å². The Morgan fingerprint density at radius 1 is 1.47 bits per heavy atom. The van der Waals surface area contributed by atoms with Crippen LogP contribution < -0.4 is 4.74 Å². The summed E-state index contributed by atoms with van der Waals surface area (Å²) in [6.45, 7) is -3.67. The highest BCUT2D eigenvalue weighted by molar-refractivity contribution is 5.46. The fourth-order valence-electron chi connectivity index (χ4n) is 1.02. The maximum atomic E-state index is 13.1. The van der Waals surface area contributed by atoms with Crippen LogP contribution in [0.4, 0.5) is 13.2 Å². The molecule has 0 amide bonds. The van der Waals surface area contributed by atoms with E-state index in [2.05, 4.69) is 4.74 Å². The zero-order valence-corrected chi connectivity index (χ0v) is 7.38. The number of ether oxygens (including phenoxy) is 1. The molecule has 0 unspecified atom stereocenters. The Morgan fingerprint density at radius 2 is 2.13 bits per heavy atom. The summed E-state index contributed by atoms with van der Waals surface area (Å²) in [7, 11) is 0. The highest BCUT2D eigenvalue weighted by atomic mass is 19.3. The van der Waals surface area contributed by atoms with Crippen LogP contribution >= 0.6 is 0 Å². The van der Waals surface area contributed by atoms with E-state index in [0.717, 1.165) is 12.1 Å². The number of nitriles is 1. The summed E-state index contributed by atoms with van der Waals surface area (Å²) >= 11 is 0. The molecule has 0 aliphatic rings. The molecule has 0 saturated carbocycles. The third-order valence-electron chi connectivity index (χ3n) is 1.62. The van der Waals surface area contributed by atoms with E-state index in [1.165, 1.54) is 6.07 Å². The minimum absolute atomic E-state index is 0.0575. The second kappa shape index (κ2) is 4.66. The third-order valence-corrected chi connectivity index (χ3v) is 1.62. The van der Waals surface area contributed by atoms with Crippen molar-refractivity contribution in [2.24, 2.45) is 0 Å². The van der Waals surface area contributed by atoms with Gasteiger partial charge in [0.1, 0.15) is 23.2 Å². The number of halogens is 3. The second-order valence-electron chi connectivity index (χ2n) is 2.60. The molecule has 0 saturated heterocycles. The predicted molar refractivity (Wildman–Crippen MR) is 43.7 cm³/mol. The lowest BCUT2D eigenvalue weighted by molar-refractivity contribution is -0.0502. The number of nitrogens with zero attached hydrogens (tertiary/aromatic N) is 1. The van der Waals surface area contributed by atoms with Crippen LogP contribution in [-0.4, -0.2) is 11.7 Å². The van der Waals surface area contributed by atoms with E-state index < -0.39 is 30.3 Å². The molecule has 0 bridgehead atoms. The number of benzene rings is 1. The van der Waals surface area contributed by atoms with Gasteiger partial charge in [-0.2, -0.15) is 14.0 Å². The summed E-state index contributed by atoms with van der Waals surface area (Å²) in [6, 6.07) is 3.29. The van der Waals surface area contributed by atoms with E-state index in [9.17, 15) is 13.2 Å². The summed E-state index contributed by atoms with van der Waals surface area (Å²) in [5.74, 6) is -1.57. The third kappa shape index (κ3) is 2.60. The molecule has 1 aromatic carbocycles. The maximum Gasteiger partial charge on any atom is 0.387 e. The first-order valence-electron chi connectivity index (χ1n) is 3.86. The largest absolute Gasteiger partial charge is 0.433 e. The van der Waals surface area contributed by atoms with E-state index in [1.54, 1.807) is 0 Å². The van der Waals surface area contributed by atoms with Gasteiger partial charge in [-0.15, -0.1) is 0 Å². The fourth-order valence-corrected chi connectivity index (χ4v) is 1.02. The van der Waals surface area contributed by atoms with Crippen molar-refractivity contribution >= 4 is 0 Å². The van der Waals surface area contributed by atoms with Crippen LogP contribution in [-0.2, 0) is 6.61 Å². The van der Waals surface area contributed by atoms with Crippen molar-refractivity contribution in [3.63, 3.8) is 0 Å². The maximum absolute atomic E-state index is 13.1. The highest BCUT2D eigenvalue weighted by Gasteiger charge is 2.15. The molecule has 0 aromatic heterocycles. The molecule has 0 fully saturated rings. The normalized spacial score (nSPS) is 10.1. The molecule has 1 aromatic rings. The molecule has 0 aliphatic carbocycles. The summed E-state index contributed by atoms with van der Waals surface area (Å²) < 4.78 is 40.8. The molecule has 15 heavy (non-hydrogen) atoms. The summed E-state index contributed by atoms with van der Waals surface area (Å²) in [4.78, 5) is 0. The standard InChI is InChI=1S/C9H6F3NO2/c10-7-1-5(4-14)2-8(6(7)3-13)15-9(11)12/h1-2,9,14H,4H2. The zero-order valence-electron chi connectivity index (χ0n) is 7.38. The van der Waals surface area contributed by atoms with Crippen LogP contribution in [0.25, 0.3) is 0 Å². The Balaban J connectivity index is 3.21. The van der Waals surface area contributed by atoms with Gasteiger partial charge < -0.3 is 9.84 Å². The van der Waals surface area contributed by atoms with Gasteiger partial charge in [-0.1, -0.05) is 0 Å². The first-order chi connectivity index (χ1) is 7.08. The van der Waals surface area contributed by atoms with Crippen molar-refractivity contribution in [1.29, 1.82) is 5.26 Å². The molecule has 1 rings (SSSR count). The first-order valence-corrected chi connectivity index (χ1v) is 3.86. The predicted octanol–water partition coefficient (Wildman–Crippen LogP) is 1.79. The van der Waals surface area contributed by atoms with Gasteiger partial charge in [0.2, 0.25) is 0 Å². The molecule has 80 valence electrons. The number of rotatable bonds is 3. The molecular formula is C9H6F3NO2. The van der Waals surface area contributed by atoms with Crippen LogP contribution in [0, 0.1) is 17.1 Å². The van der Waals surface area contributed by atoms with Crippen molar-refractivity contribution in [2.45, 2.75) is 13.2 Å². The quantitative estimate of drug-likeness (QED) is 0.839. The van der Waals surface area contributed by atoms with Crippen LogP contribution in [0.5, 0.6) is 5.75 Å². The Hall–Kier alpha value is -1.74. The number of hydrogen-bond donors (Lipinski definition) is 1. The molecule has 0 spiro atoms. The van der Waals surface area contributed by atoms with Crippen LogP contribution in [0.1, 0.15) is 11.1 Å². The van der Waals surface area contributed by atoms with Crippen molar-refractivity contribution in [3.05, 3.63) is 29.1 Å². The van der Waals surface area contributed by atoms with Gasteiger partial charge in [-0.3, -0.25) is 0 Å². The number of aliphatic hydroxyl groups is 1. The Kier molecular flexibility index (Phi) is 3.52. The summed E-state index contributed by atoms with van der Waals surface area (Å²) in [5, 5.41) is 17.2. The molecule has 3 nitrogen and oxygen atoms in total. The molecular weight excluding hydrogens is 211 g/mol. The number of alkyl halides is 2. The van der Waals surface area contributed by atoms with Gasteiger partial charge in [-0.25, -0.2) is 4.39 Å². The first kappa shape index (κ1) is 11.3. The van der Waals surface area contributed by atoms with Gasteiger partial charge in [0.25, 0.3) is 0 Å². The lowest BCUT2D eigenvalue weighted by Crippen LogP contribution is -2.05. The van der Waals surface area contributed by atoms with E-state index >= 15 is 0 Å². The number of aliphatic hydroxyl groups excluding tert-OH is 1. The minimum atomic E-state index is -3.15. The van der Waals surface area contributed by atoms with Crippen molar-refractivity contribution in [3.8, 4) is 11.8 Å². The smallest absolute Gasteiger partial charge is 0.387 e. The minimum Gasteiger partial charge on any atom is -0.433 e. The zero-order chi connectivity index (χ0) is 11.4. The summed E-state index contributed by atoms with van der Waals surface area (Å²) in [6.07, 6.45) is 0. The molecule has 0 radical (unpaired) electrons. The molecule has 0 aliphatic heterocycles. The van der Waals surface area contributed by atoms with Gasteiger partial charge in [-0.05, 0) is 17.7 Å². The van der Waals surface area contributed by atoms with Gasteiger partial charge in [0.15, 0.2) is 0 Å². The van der Waals surface area contributed by atoms with Gasteiger partial charge >= 0.3 is 6.61 Å². The van der Waals surface area contributed by atoms with E-state index in [4.69, 9.17) is 10.4 Å². The second-order valence-corrected chi connectivity index (χ2v) is 2.60. The van der Waals surface area contributed by atoms with Crippen molar-refractivity contribution < 1.29 is 23.0 Å². The summed E-state index contributed by atoms with van der Waals surface area (Å²) in [5.41, 5.74) is -0.547. The average Bonchev–Trinajstić information content (AvgIpc) is 2.16. The SMILES string of the molecule is N#Cc1c(F)cc(CO)cc1OC(F)F. The monoisotopic (exact) mass is 217 g/mol. The topological polar surface area (TPSA) is 53.2 Å². The van der Waals surface area contributed by atoms with Crippen LogP contribution in [0.2, 0.25) is 0 Å². The lowest BCUT2D eigenvalue weighted by atomic mass is 10.1. The molecule has 0 heterocycles. The Labute approximate surface area is 83.3 Å². The van der Waals surface area contributed by atoms with Gasteiger partial charge in [0.05, 0.1) is 6.61 Å². The van der Waals surface area contributed by atoms with E-state index in [0.29, 0.717) is 0 Å². The van der Waals surface area contributed by atoms with Crippen LogP contribution in [0.15, 0.2) is 12.1 Å². The fraction of sp³-hybridized carbons (Fsp3) is 0.222. The van der Waals surface area contributed by atoms with Crippen LogP contribution in [0.3, 0.4) is 0 Å². The van der Waals surface area contributed by atoms with Crippen molar-refractivity contribution in [2.75, 3.05) is 0 Å². The Morgan fingerprint density at radius 3 is 2.60 bits per heavy atom. The molecule has 0 atom stereocenters. The highest BCUT2D eigenvalue weighted by Crippen LogP contribution is 2.24. The van der Waals surface area contributed by atoms with E-state index in [-0.39, 0.29) is 5.56 Å². The molecule has 6 heteroatoms. The number of hydrogen-bond acceptors (Lipinski definition) is 3. The average molecular weight is 217 g/mol. The van der Waals surface area contributed by atoms with E-state index in [1.807, 2.05) is 0 Å². The lowest BCUT2D eigenvalue weighted by Gasteiger charge is -2.08. The molecule has 1 N–H and O–H groups in total. The Bertz CT molecular complexity index is 401.